The van der Waals surface area contributed by atoms with E-state index in [0.29, 0.717) is 24.6 Å². The molecule has 2 aromatic heterocycles. The van der Waals surface area contributed by atoms with Gasteiger partial charge in [0.2, 0.25) is 5.91 Å². The Kier molecular flexibility index (Phi) is 4.33. The monoisotopic (exact) mass is 336 g/mol. The van der Waals surface area contributed by atoms with Crippen molar-refractivity contribution < 1.29 is 9.21 Å². The fourth-order valence-corrected chi connectivity index (χ4v) is 3.14. The lowest BCUT2D eigenvalue weighted by molar-refractivity contribution is -0.129. The molecule has 0 saturated carbocycles. The Bertz CT molecular complexity index is 870. The quantitative estimate of drug-likeness (QED) is 0.774. The average molecular weight is 336 g/mol. The van der Waals surface area contributed by atoms with E-state index in [9.17, 15) is 4.79 Å². The van der Waals surface area contributed by atoms with Crippen LogP contribution in [-0.4, -0.2) is 40.4 Å². The Morgan fingerprint density at radius 1 is 1.12 bits per heavy atom. The van der Waals surface area contributed by atoms with Crippen LogP contribution in [0, 0.1) is 0 Å². The number of para-hydroxylation sites is 1. The number of carbonyl (C=O) groups is 1. The molecule has 0 atom stereocenters. The van der Waals surface area contributed by atoms with Gasteiger partial charge in [-0.15, -0.1) is 0 Å². The molecule has 6 nitrogen and oxygen atoms in total. The first-order valence-corrected chi connectivity index (χ1v) is 8.63. The van der Waals surface area contributed by atoms with E-state index in [2.05, 4.69) is 15.3 Å². The zero-order chi connectivity index (χ0) is 17.1. The van der Waals surface area contributed by atoms with Gasteiger partial charge in [0.25, 0.3) is 0 Å². The van der Waals surface area contributed by atoms with Crippen molar-refractivity contribution >= 4 is 22.6 Å². The van der Waals surface area contributed by atoms with Crippen LogP contribution < -0.4 is 5.32 Å². The molecular formula is C19H20N4O2. The predicted molar refractivity (Wildman–Crippen MR) is 96.2 cm³/mol. The third-order valence-electron chi connectivity index (χ3n) is 4.43. The van der Waals surface area contributed by atoms with Crippen LogP contribution in [0.3, 0.4) is 0 Å². The Morgan fingerprint density at radius 3 is 2.76 bits per heavy atom. The summed E-state index contributed by atoms with van der Waals surface area (Å²) < 4.78 is 5.42. The molecule has 1 aromatic carbocycles. The number of likely N-dealkylation sites (tertiary alicyclic amines) is 1. The van der Waals surface area contributed by atoms with Crippen molar-refractivity contribution in [3.05, 3.63) is 42.7 Å². The fourth-order valence-electron chi connectivity index (χ4n) is 3.14. The van der Waals surface area contributed by atoms with Crippen LogP contribution in [0.1, 0.15) is 19.3 Å². The van der Waals surface area contributed by atoms with Gasteiger partial charge < -0.3 is 14.6 Å². The molecular weight excluding hydrogens is 316 g/mol. The number of furan rings is 1. The van der Waals surface area contributed by atoms with E-state index >= 15 is 0 Å². The molecule has 0 bridgehead atoms. The Hall–Kier alpha value is -2.89. The number of hydrogen-bond donors (Lipinski definition) is 1. The van der Waals surface area contributed by atoms with Crippen LogP contribution in [0.2, 0.25) is 0 Å². The maximum Gasteiger partial charge on any atom is 0.224 e. The van der Waals surface area contributed by atoms with Crippen LogP contribution in [0.15, 0.2) is 47.1 Å². The number of nitrogens with one attached hydrogen (secondary N) is 1. The molecule has 1 amide bonds. The van der Waals surface area contributed by atoms with Crippen LogP contribution in [0.25, 0.3) is 22.5 Å². The molecule has 0 unspecified atom stereocenters. The summed E-state index contributed by atoms with van der Waals surface area (Å²) in [6.45, 7) is 2.32. The van der Waals surface area contributed by atoms with Crippen LogP contribution in [0.4, 0.5) is 5.82 Å². The zero-order valence-electron chi connectivity index (χ0n) is 13.9. The molecule has 1 aliphatic rings. The molecule has 25 heavy (non-hydrogen) atoms. The molecule has 0 spiro atoms. The predicted octanol–water partition coefficient (Wildman–Crippen LogP) is 3.31. The summed E-state index contributed by atoms with van der Waals surface area (Å²) in [6, 6.07) is 11.5. The summed E-state index contributed by atoms with van der Waals surface area (Å²) in [6.07, 6.45) is 4.30. The van der Waals surface area contributed by atoms with Gasteiger partial charge in [0.05, 0.1) is 11.8 Å². The molecule has 0 aliphatic carbocycles. The first-order valence-electron chi connectivity index (χ1n) is 8.63. The van der Waals surface area contributed by atoms with Gasteiger partial charge in [-0.25, -0.2) is 9.97 Å². The van der Waals surface area contributed by atoms with Crippen molar-refractivity contribution in [1.29, 1.82) is 0 Å². The van der Waals surface area contributed by atoms with Gasteiger partial charge >= 0.3 is 0 Å². The number of aromatic nitrogens is 2. The minimum Gasteiger partial charge on any atom is -0.461 e. The molecule has 4 rings (SSSR count). The molecule has 3 aromatic rings. The molecule has 1 fully saturated rings. The largest absolute Gasteiger partial charge is 0.461 e. The third kappa shape index (κ3) is 3.33. The summed E-state index contributed by atoms with van der Waals surface area (Å²) in [5, 5.41) is 4.24. The van der Waals surface area contributed by atoms with Crippen molar-refractivity contribution in [2.45, 2.75) is 19.3 Å². The van der Waals surface area contributed by atoms with E-state index in [-0.39, 0.29) is 5.91 Å². The minimum absolute atomic E-state index is 0.203. The highest BCUT2D eigenvalue weighted by molar-refractivity contribution is 5.90. The Morgan fingerprint density at radius 2 is 1.96 bits per heavy atom. The smallest absolute Gasteiger partial charge is 0.224 e. The van der Waals surface area contributed by atoms with Gasteiger partial charge in [0.15, 0.2) is 11.6 Å². The van der Waals surface area contributed by atoms with Gasteiger partial charge in [0.1, 0.15) is 5.82 Å². The second-order valence-electron chi connectivity index (χ2n) is 6.15. The Labute approximate surface area is 145 Å². The molecule has 1 saturated heterocycles. The molecule has 6 heteroatoms. The van der Waals surface area contributed by atoms with Crippen LogP contribution in [-0.2, 0) is 4.79 Å². The van der Waals surface area contributed by atoms with E-state index in [1.165, 1.54) is 0 Å². The summed E-state index contributed by atoms with van der Waals surface area (Å²) in [4.78, 5) is 23.3. The number of amides is 1. The lowest BCUT2D eigenvalue weighted by atomic mass is 10.2. The number of nitrogens with zero attached hydrogens (tertiary/aromatic N) is 3. The number of benzene rings is 1. The maximum atomic E-state index is 12.2. The van der Waals surface area contributed by atoms with Gasteiger partial charge in [-0.1, -0.05) is 12.1 Å². The number of rotatable bonds is 5. The third-order valence-corrected chi connectivity index (χ3v) is 4.43. The highest BCUT2D eigenvalue weighted by Crippen LogP contribution is 2.25. The summed E-state index contributed by atoms with van der Waals surface area (Å²) >= 11 is 0. The summed E-state index contributed by atoms with van der Waals surface area (Å²) in [7, 11) is 0. The van der Waals surface area contributed by atoms with Crippen molar-refractivity contribution in [2.24, 2.45) is 0 Å². The van der Waals surface area contributed by atoms with Crippen LogP contribution in [0.5, 0.6) is 0 Å². The first kappa shape index (κ1) is 15.6. The lowest BCUT2D eigenvalue weighted by Crippen LogP contribution is -2.29. The number of fused-ring (bicyclic) bond motifs is 1. The van der Waals surface area contributed by atoms with E-state index in [4.69, 9.17) is 4.42 Å². The van der Waals surface area contributed by atoms with E-state index < -0.39 is 0 Å². The van der Waals surface area contributed by atoms with Gasteiger partial charge in [-0.05, 0) is 37.1 Å². The zero-order valence-corrected chi connectivity index (χ0v) is 13.9. The summed E-state index contributed by atoms with van der Waals surface area (Å²) in [5.74, 6) is 2.10. The number of carbonyl (C=O) groups excluding carboxylic acids is 1. The number of hydrogen-bond acceptors (Lipinski definition) is 5. The Balaban J connectivity index is 1.54. The SMILES string of the molecule is O=C(CCNc1nc(-c2ccco2)nc2ccccc12)N1CCCC1. The first-order chi connectivity index (χ1) is 12.3. The van der Waals surface area contributed by atoms with E-state index in [0.717, 1.165) is 42.7 Å². The second-order valence-corrected chi connectivity index (χ2v) is 6.15. The van der Waals surface area contributed by atoms with Gasteiger partial charge in [0, 0.05) is 31.4 Å². The standard InChI is InChI=1S/C19H20N4O2/c24-17(23-11-3-4-12-23)9-10-20-18-14-6-1-2-7-15(14)21-19(22-18)16-8-5-13-25-16/h1-2,5-8,13H,3-4,9-12H2,(H,20,21,22). The highest BCUT2D eigenvalue weighted by atomic mass is 16.3. The van der Waals surface area contributed by atoms with Crippen molar-refractivity contribution in [3.8, 4) is 11.6 Å². The highest BCUT2D eigenvalue weighted by Gasteiger charge is 2.17. The fraction of sp³-hybridized carbons (Fsp3) is 0.316. The molecule has 1 N–H and O–H groups in total. The second kappa shape index (κ2) is 6.93. The molecule has 128 valence electrons. The van der Waals surface area contributed by atoms with Crippen LogP contribution >= 0.6 is 0 Å². The topological polar surface area (TPSA) is 71.3 Å². The molecule has 0 radical (unpaired) electrons. The molecule has 1 aliphatic heterocycles. The lowest BCUT2D eigenvalue weighted by Gasteiger charge is -2.15. The van der Waals surface area contributed by atoms with Crippen molar-refractivity contribution in [2.75, 3.05) is 25.0 Å². The van der Waals surface area contributed by atoms with E-state index in [1.54, 1.807) is 6.26 Å². The minimum atomic E-state index is 0.203. The van der Waals surface area contributed by atoms with Gasteiger partial charge in [-0.2, -0.15) is 0 Å². The molecule has 3 heterocycles. The summed E-state index contributed by atoms with van der Waals surface area (Å²) in [5.41, 5.74) is 0.845. The number of anilines is 1. The van der Waals surface area contributed by atoms with Crippen molar-refractivity contribution in [3.63, 3.8) is 0 Å². The normalized spacial score (nSPS) is 14.2. The average Bonchev–Trinajstić information content (AvgIpc) is 3.35. The van der Waals surface area contributed by atoms with Crippen molar-refractivity contribution in [1.82, 2.24) is 14.9 Å². The maximum absolute atomic E-state index is 12.2. The van der Waals surface area contributed by atoms with Gasteiger partial charge in [-0.3, -0.25) is 4.79 Å². The van der Waals surface area contributed by atoms with E-state index in [1.807, 2.05) is 41.3 Å².